The summed E-state index contributed by atoms with van der Waals surface area (Å²) in [6.45, 7) is 7.73. The van der Waals surface area contributed by atoms with E-state index in [2.05, 4.69) is 24.5 Å². The van der Waals surface area contributed by atoms with Crippen LogP contribution in [-0.4, -0.2) is 25.4 Å². The molecule has 0 saturated heterocycles. The van der Waals surface area contributed by atoms with E-state index in [1.54, 1.807) is 6.07 Å². The van der Waals surface area contributed by atoms with Gasteiger partial charge in [-0.1, -0.05) is 38.5 Å². The fourth-order valence-corrected chi connectivity index (χ4v) is 3.75. The molecule has 1 unspecified atom stereocenters. The minimum Gasteiger partial charge on any atom is -0.383 e. The first-order valence-electron chi connectivity index (χ1n) is 10.3. The summed E-state index contributed by atoms with van der Waals surface area (Å²) in [6, 6.07) is 5.11. The van der Waals surface area contributed by atoms with Crippen molar-refractivity contribution in [3.63, 3.8) is 0 Å². The molecule has 1 aliphatic rings. The molecule has 0 fully saturated rings. The van der Waals surface area contributed by atoms with Gasteiger partial charge >= 0.3 is 0 Å². The van der Waals surface area contributed by atoms with E-state index in [0.29, 0.717) is 48.1 Å². The number of nitrogens with one attached hydrogen (secondary N) is 2. The van der Waals surface area contributed by atoms with Gasteiger partial charge in [0.1, 0.15) is 5.82 Å². The van der Waals surface area contributed by atoms with E-state index in [1.807, 2.05) is 31.2 Å². The maximum atomic E-state index is 15.0. The van der Waals surface area contributed by atoms with E-state index in [-0.39, 0.29) is 17.5 Å². The Balaban J connectivity index is 2.34. The molecule has 29 heavy (non-hydrogen) atoms. The molecular weight excluding hydrogens is 365 g/mol. The molecule has 4 nitrogen and oxygen atoms in total. The summed E-state index contributed by atoms with van der Waals surface area (Å²) in [7, 11) is 0. The summed E-state index contributed by atoms with van der Waals surface area (Å²) in [5.74, 6) is -0.0158. The Hall–Kier alpha value is -2.66. The van der Waals surface area contributed by atoms with E-state index < -0.39 is 0 Å². The van der Waals surface area contributed by atoms with Crippen LogP contribution in [0.2, 0.25) is 0 Å². The van der Waals surface area contributed by atoms with Crippen molar-refractivity contribution in [1.29, 1.82) is 0 Å². The number of dihydropyridines is 1. The molecule has 1 atom stereocenters. The molecule has 0 bridgehead atoms. The Morgan fingerprint density at radius 1 is 1.34 bits per heavy atom. The van der Waals surface area contributed by atoms with Crippen LogP contribution in [-0.2, 0) is 0 Å². The minimum absolute atomic E-state index is 0.0516. The zero-order valence-electron chi connectivity index (χ0n) is 17.4. The molecule has 154 valence electrons. The number of carbonyl (C=O) groups excluding carboxylic acids is 1. The van der Waals surface area contributed by atoms with Crippen molar-refractivity contribution in [3.05, 3.63) is 58.9 Å². The van der Waals surface area contributed by atoms with Crippen molar-refractivity contribution >= 4 is 27.9 Å². The van der Waals surface area contributed by atoms with E-state index in [1.165, 1.54) is 6.07 Å². The molecule has 0 spiro atoms. The SMILES string of the molecule is CCC(C)CC(=O)c1c(C2=CC=CCN2)cc(NCCN)c2c(F)ccc(C)c12. The van der Waals surface area contributed by atoms with Gasteiger partial charge in [-0.05, 0) is 36.6 Å². The molecule has 2 aromatic rings. The Kier molecular flexibility index (Phi) is 6.70. The van der Waals surface area contributed by atoms with Crippen LogP contribution in [0.1, 0.15) is 48.2 Å². The number of halogens is 1. The Labute approximate surface area is 172 Å². The van der Waals surface area contributed by atoms with Crippen molar-refractivity contribution in [2.45, 2.75) is 33.6 Å². The van der Waals surface area contributed by atoms with Crippen molar-refractivity contribution in [3.8, 4) is 0 Å². The van der Waals surface area contributed by atoms with Gasteiger partial charge in [-0.25, -0.2) is 4.39 Å². The largest absolute Gasteiger partial charge is 0.383 e. The third-order valence-electron chi connectivity index (χ3n) is 5.51. The Bertz CT molecular complexity index is 978. The highest BCUT2D eigenvalue weighted by atomic mass is 19.1. The zero-order chi connectivity index (χ0) is 21.0. The molecule has 2 aromatic carbocycles. The van der Waals surface area contributed by atoms with Gasteiger partial charge < -0.3 is 16.4 Å². The second-order valence-electron chi connectivity index (χ2n) is 7.71. The highest BCUT2D eigenvalue weighted by molar-refractivity contribution is 6.16. The van der Waals surface area contributed by atoms with Crippen LogP contribution in [0.5, 0.6) is 0 Å². The Morgan fingerprint density at radius 3 is 2.79 bits per heavy atom. The first kappa shape index (κ1) is 21.1. The number of hydrogen-bond donors (Lipinski definition) is 3. The molecule has 5 heteroatoms. The highest BCUT2D eigenvalue weighted by Gasteiger charge is 2.24. The first-order chi connectivity index (χ1) is 14.0. The maximum Gasteiger partial charge on any atom is 0.164 e. The van der Waals surface area contributed by atoms with Crippen molar-refractivity contribution in [2.75, 3.05) is 25.0 Å². The minimum atomic E-state index is -0.334. The highest BCUT2D eigenvalue weighted by Crippen LogP contribution is 2.38. The summed E-state index contributed by atoms with van der Waals surface area (Å²) in [6.07, 6.45) is 7.32. The normalized spacial score (nSPS) is 14.4. The number of aryl methyl sites for hydroxylation is 1. The van der Waals surface area contributed by atoms with Gasteiger partial charge in [0.05, 0.1) is 0 Å². The smallest absolute Gasteiger partial charge is 0.164 e. The lowest BCUT2D eigenvalue weighted by atomic mass is 9.86. The lowest BCUT2D eigenvalue weighted by molar-refractivity contribution is 0.0965. The second kappa shape index (κ2) is 9.23. The number of carbonyl (C=O) groups is 1. The van der Waals surface area contributed by atoms with Gasteiger partial charge in [-0.3, -0.25) is 4.79 Å². The number of anilines is 1. The lowest BCUT2D eigenvalue weighted by Gasteiger charge is -2.22. The summed E-state index contributed by atoms with van der Waals surface area (Å²) in [4.78, 5) is 13.4. The average molecular weight is 396 g/mol. The predicted molar refractivity (Wildman–Crippen MR) is 120 cm³/mol. The molecule has 3 rings (SSSR count). The van der Waals surface area contributed by atoms with E-state index in [9.17, 15) is 9.18 Å². The van der Waals surface area contributed by atoms with Crippen molar-refractivity contribution in [2.24, 2.45) is 11.7 Å². The summed E-state index contributed by atoms with van der Waals surface area (Å²) >= 11 is 0. The van der Waals surface area contributed by atoms with Crippen LogP contribution in [0.25, 0.3) is 16.5 Å². The van der Waals surface area contributed by atoms with Crippen LogP contribution in [0, 0.1) is 18.7 Å². The molecule has 0 saturated carbocycles. The number of ketones is 1. The van der Waals surface area contributed by atoms with Gasteiger partial charge in [-0.2, -0.15) is 0 Å². The number of hydrogen-bond acceptors (Lipinski definition) is 4. The van der Waals surface area contributed by atoms with Gasteiger partial charge in [-0.15, -0.1) is 0 Å². The molecule has 4 N–H and O–H groups in total. The topological polar surface area (TPSA) is 67.2 Å². The van der Waals surface area contributed by atoms with Gasteiger partial charge in [0.15, 0.2) is 5.78 Å². The molecule has 1 aliphatic heterocycles. The number of fused-ring (bicyclic) bond motifs is 1. The quantitative estimate of drug-likeness (QED) is 0.563. The number of allylic oxidation sites excluding steroid dienone is 2. The fraction of sp³-hybridized carbons (Fsp3) is 0.375. The molecular formula is C24H30FN3O. The van der Waals surface area contributed by atoms with Gasteiger partial charge in [0.2, 0.25) is 0 Å². The summed E-state index contributed by atoms with van der Waals surface area (Å²) in [5, 5.41) is 7.76. The van der Waals surface area contributed by atoms with Crippen LogP contribution in [0.4, 0.5) is 10.1 Å². The first-order valence-corrected chi connectivity index (χ1v) is 10.3. The number of nitrogens with two attached hydrogens (primary N) is 1. The predicted octanol–water partition coefficient (Wildman–Crippen LogP) is 4.78. The molecule has 0 amide bonds. The number of rotatable bonds is 8. The van der Waals surface area contributed by atoms with Crippen LogP contribution >= 0.6 is 0 Å². The van der Waals surface area contributed by atoms with E-state index in [4.69, 9.17) is 5.73 Å². The number of Topliss-reactive ketones (excluding diaryl/α,β-unsaturated/α-hetero) is 1. The molecule has 1 heterocycles. The summed E-state index contributed by atoms with van der Waals surface area (Å²) < 4.78 is 15.0. The Morgan fingerprint density at radius 2 is 2.14 bits per heavy atom. The van der Waals surface area contributed by atoms with Gasteiger partial charge in [0.25, 0.3) is 0 Å². The second-order valence-corrected chi connectivity index (χ2v) is 7.71. The third kappa shape index (κ3) is 4.35. The average Bonchev–Trinajstić information content (AvgIpc) is 2.74. The fourth-order valence-electron chi connectivity index (χ4n) is 3.75. The molecule has 0 radical (unpaired) electrons. The molecule has 0 aromatic heterocycles. The number of benzene rings is 2. The third-order valence-corrected chi connectivity index (χ3v) is 5.51. The monoisotopic (exact) mass is 395 g/mol. The van der Waals surface area contributed by atoms with Crippen LogP contribution in [0.15, 0.2) is 36.4 Å². The van der Waals surface area contributed by atoms with Crippen molar-refractivity contribution in [1.82, 2.24) is 5.32 Å². The lowest BCUT2D eigenvalue weighted by Crippen LogP contribution is -2.19. The standard InChI is InChI=1S/C24H30FN3O/c1-4-15(2)13-21(29)23-17(19-7-5-6-11-27-19)14-20(28-12-10-26)24-18(25)9-8-16(3)22(23)24/h5-9,14-15,27-28H,4,10-13,26H2,1-3H3. The van der Waals surface area contributed by atoms with Crippen LogP contribution < -0.4 is 16.4 Å². The zero-order valence-corrected chi connectivity index (χ0v) is 17.4. The summed E-state index contributed by atoms with van der Waals surface area (Å²) in [5.41, 5.74) is 9.51. The van der Waals surface area contributed by atoms with E-state index in [0.717, 1.165) is 23.2 Å². The van der Waals surface area contributed by atoms with Crippen LogP contribution in [0.3, 0.4) is 0 Å². The van der Waals surface area contributed by atoms with E-state index >= 15 is 0 Å². The van der Waals surface area contributed by atoms with Gasteiger partial charge in [0, 0.05) is 59.3 Å². The maximum absolute atomic E-state index is 15.0. The molecule has 0 aliphatic carbocycles. The van der Waals surface area contributed by atoms with Crippen molar-refractivity contribution < 1.29 is 9.18 Å².